The zero-order chi connectivity index (χ0) is 21.1. The first kappa shape index (κ1) is 20.1. The SMILES string of the molecule is CCn1cc(-c2cnc(N(C)C)nc2C2CCCN(C(=O)Cn3cccn3)C2)cn1. The van der Waals surface area contributed by atoms with Crippen LogP contribution in [0.4, 0.5) is 5.95 Å². The van der Waals surface area contributed by atoms with E-state index in [1.54, 1.807) is 10.9 Å². The Labute approximate surface area is 176 Å². The lowest BCUT2D eigenvalue weighted by molar-refractivity contribution is -0.133. The molecule has 3 aromatic rings. The van der Waals surface area contributed by atoms with Crippen molar-refractivity contribution in [1.82, 2.24) is 34.4 Å². The van der Waals surface area contributed by atoms with Gasteiger partial charge in [-0.25, -0.2) is 9.97 Å². The maximum Gasteiger partial charge on any atom is 0.244 e. The van der Waals surface area contributed by atoms with E-state index in [4.69, 9.17) is 4.98 Å². The summed E-state index contributed by atoms with van der Waals surface area (Å²) in [5, 5.41) is 8.57. The summed E-state index contributed by atoms with van der Waals surface area (Å²) in [6.07, 6.45) is 11.2. The van der Waals surface area contributed by atoms with Crippen LogP contribution < -0.4 is 4.90 Å². The fourth-order valence-electron chi connectivity index (χ4n) is 3.87. The zero-order valence-corrected chi connectivity index (χ0v) is 17.8. The van der Waals surface area contributed by atoms with Gasteiger partial charge in [0.1, 0.15) is 6.54 Å². The van der Waals surface area contributed by atoms with Gasteiger partial charge >= 0.3 is 0 Å². The minimum atomic E-state index is 0.0886. The van der Waals surface area contributed by atoms with E-state index < -0.39 is 0 Å². The van der Waals surface area contributed by atoms with Gasteiger partial charge in [-0.05, 0) is 25.8 Å². The van der Waals surface area contributed by atoms with Gasteiger partial charge in [-0.3, -0.25) is 14.2 Å². The summed E-state index contributed by atoms with van der Waals surface area (Å²) < 4.78 is 3.57. The molecule has 0 aromatic carbocycles. The summed E-state index contributed by atoms with van der Waals surface area (Å²) >= 11 is 0. The van der Waals surface area contributed by atoms with Crippen LogP contribution in [0.2, 0.25) is 0 Å². The van der Waals surface area contributed by atoms with Gasteiger partial charge in [0, 0.05) is 75.6 Å². The van der Waals surface area contributed by atoms with Crippen molar-refractivity contribution in [3.8, 4) is 11.1 Å². The largest absolute Gasteiger partial charge is 0.347 e. The summed E-state index contributed by atoms with van der Waals surface area (Å²) in [6, 6.07) is 1.83. The summed E-state index contributed by atoms with van der Waals surface area (Å²) in [4.78, 5) is 26.1. The van der Waals surface area contributed by atoms with Crippen LogP contribution in [0.15, 0.2) is 37.1 Å². The van der Waals surface area contributed by atoms with Gasteiger partial charge in [0.15, 0.2) is 0 Å². The number of piperidine rings is 1. The molecule has 1 atom stereocenters. The molecule has 3 aromatic heterocycles. The Hall–Kier alpha value is -3.23. The van der Waals surface area contributed by atoms with Gasteiger partial charge in [0.05, 0.1) is 11.9 Å². The van der Waals surface area contributed by atoms with Crippen LogP contribution >= 0.6 is 0 Å². The van der Waals surface area contributed by atoms with E-state index in [1.807, 2.05) is 59.4 Å². The van der Waals surface area contributed by atoms with Crippen LogP contribution in [0.3, 0.4) is 0 Å². The maximum atomic E-state index is 12.8. The van der Waals surface area contributed by atoms with Crippen LogP contribution in [-0.4, -0.2) is 67.5 Å². The lowest BCUT2D eigenvalue weighted by Crippen LogP contribution is -2.41. The first-order chi connectivity index (χ1) is 14.5. The van der Waals surface area contributed by atoms with Crippen molar-refractivity contribution in [2.24, 2.45) is 0 Å². The molecule has 1 aliphatic heterocycles. The van der Waals surface area contributed by atoms with Crippen molar-refractivity contribution in [3.63, 3.8) is 0 Å². The van der Waals surface area contributed by atoms with Crippen molar-refractivity contribution < 1.29 is 4.79 Å². The van der Waals surface area contributed by atoms with E-state index in [1.165, 1.54) is 0 Å². The van der Waals surface area contributed by atoms with Gasteiger partial charge in [0.2, 0.25) is 11.9 Å². The summed E-state index contributed by atoms with van der Waals surface area (Å²) in [7, 11) is 3.88. The molecule has 0 radical (unpaired) electrons. The molecule has 4 rings (SSSR count). The molecule has 1 saturated heterocycles. The Kier molecular flexibility index (Phi) is 5.78. The predicted molar refractivity (Wildman–Crippen MR) is 114 cm³/mol. The van der Waals surface area contributed by atoms with E-state index >= 15 is 0 Å². The molecule has 1 aliphatic rings. The topological polar surface area (TPSA) is 85.0 Å². The number of carbonyl (C=O) groups is 1. The highest BCUT2D eigenvalue weighted by Gasteiger charge is 2.28. The zero-order valence-electron chi connectivity index (χ0n) is 17.8. The standard InChI is InChI=1S/C21H28N8O/c1-4-28-14-17(11-24-28)18-12-22-21(26(2)3)25-20(18)16-7-5-9-27(13-16)19(30)15-29-10-6-8-23-29/h6,8,10-12,14,16H,4-5,7,9,13,15H2,1-3H3. The van der Waals surface area contributed by atoms with Crippen LogP contribution in [0.1, 0.15) is 31.4 Å². The van der Waals surface area contributed by atoms with E-state index in [2.05, 4.69) is 22.1 Å². The van der Waals surface area contributed by atoms with E-state index in [-0.39, 0.29) is 18.4 Å². The van der Waals surface area contributed by atoms with E-state index in [9.17, 15) is 4.79 Å². The Morgan fingerprint density at radius 2 is 2.10 bits per heavy atom. The first-order valence-corrected chi connectivity index (χ1v) is 10.4. The van der Waals surface area contributed by atoms with Crippen molar-refractivity contribution >= 4 is 11.9 Å². The Morgan fingerprint density at radius 3 is 2.80 bits per heavy atom. The number of anilines is 1. The number of carbonyl (C=O) groups excluding carboxylic acids is 1. The number of aromatic nitrogens is 6. The summed E-state index contributed by atoms with van der Waals surface area (Å²) in [5.41, 5.74) is 2.99. The van der Waals surface area contributed by atoms with Gasteiger partial charge < -0.3 is 9.80 Å². The molecule has 1 unspecified atom stereocenters. The molecular formula is C21H28N8O. The molecule has 9 heteroatoms. The molecular weight excluding hydrogens is 380 g/mol. The number of nitrogens with zero attached hydrogens (tertiary/aromatic N) is 8. The molecule has 0 saturated carbocycles. The molecule has 158 valence electrons. The highest BCUT2D eigenvalue weighted by Crippen LogP contribution is 2.33. The van der Waals surface area contributed by atoms with Gasteiger partial charge in [-0.15, -0.1) is 0 Å². The maximum absolute atomic E-state index is 12.8. The average Bonchev–Trinajstić information content (AvgIpc) is 3.45. The van der Waals surface area contributed by atoms with Crippen molar-refractivity contribution in [2.45, 2.75) is 38.8 Å². The van der Waals surface area contributed by atoms with Crippen LogP contribution in [0.5, 0.6) is 0 Å². The molecule has 30 heavy (non-hydrogen) atoms. The van der Waals surface area contributed by atoms with Crippen molar-refractivity contribution in [2.75, 3.05) is 32.1 Å². The second kappa shape index (κ2) is 8.64. The minimum absolute atomic E-state index is 0.0886. The van der Waals surface area contributed by atoms with Crippen LogP contribution in [0, 0.1) is 0 Å². The Bertz CT molecular complexity index is 994. The number of amides is 1. The monoisotopic (exact) mass is 408 g/mol. The first-order valence-electron chi connectivity index (χ1n) is 10.4. The Balaban J connectivity index is 1.62. The third-order valence-corrected chi connectivity index (χ3v) is 5.49. The van der Waals surface area contributed by atoms with Gasteiger partial charge in [-0.1, -0.05) is 0 Å². The molecule has 0 bridgehead atoms. The lowest BCUT2D eigenvalue weighted by Gasteiger charge is -2.33. The quantitative estimate of drug-likeness (QED) is 0.620. The van der Waals surface area contributed by atoms with Gasteiger partial charge in [0.25, 0.3) is 0 Å². The molecule has 0 N–H and O–H groups in total. The van der Waals surface area contributed by atoms with Crippen LogP contribution in [0.25, 0.3) is 11.1 Å². The Morgan fingerprint density at radius 1 is 1.23 bits per heavy atom. The summed E-state index contributed by atoms with van der Waals surface area (Å²) in [5.74, 6) is 0.921. The highest BCUT2D eigenvalue weighted by atomic mass is 16.2. The molecule has 0 aliphatic carbocycles. The molecule has 9 nitrogen and oxygen atoms in total. The van der Waals surface area contributed by atoms with E-state index in [0.717, 1.165) is 42.8 Å². The smallest absolute Gasteiger partial charge is 0.244 e. The highest BCUT2D eigenvalue weighted by molar-refractivity contribution is 5.76. The predicted octanol–water partition coefficient (Wildman–Crippen LogP) is 2.03. The summed E-state index contributed by atoms with van der Waals surface area (Å²) in [6.45, 7) is 4.56. The minimum Gasteiger partial charge on any atom is -0.347 e. The third-order valence-electron chi connectivity index (χ3n) is 5.49. The molecule has 1 amide bonds. The molecule has 1 fully saturated rings. The average molecular weight is 409 g/mol. The lowest BCUT2D eigenvalue weighted by atomic mass is 9.90. The van der Waals surface area contributed by atoms with Gasteiger partial charge in [-0.2, -0.15) is 10.2 Å². The number of aryl methyl sites for hydroxylation is 1. The molecule has 4 heterocycles. The fourth-order valence-corrected chi connectivity index (χ4v) is 3.87. The van der Waals surface area contributed by atoms with Crippen molar-refractivity contribution in [1.29, 1.82) is 0 Å². The second-order valence-corrected chi connectivity index (χ2v) is 7.83. The third kappa shape index (κ3) is 4.19. The number of rotatable bonds is 6. The van der Waals surface area contributed by atoms with Crippen molar-refractivity contribution in [3.05, 3.63) is 42.7 Å². The van der Waals surface area contributed by atoms with Crippen LogP contribution in [-0.2, 0) is 17.9 Å². The molecule has 0 spiro atoms. The normalized spacial score (nSPS) is 16.6. The fraction of sp³-hybridized carbons (Fsp3) is 0.476. The van der Waals surface area contributed by atoms with E-state index in [0.29, 0.717) is 12.5 Å². The number of hydrogen-bond donors (Lipinski definition) is 0. The number of hydrogen-bond acceptors (Lipinski definition) is 6. The number of likely N-dealkylation sites (tertiary alicyclic amines) is 1. The second-order valence-electron chi connectivity index (χ2n) is 7.83.